The normalized spacial score (nSPS) is 19.6. The van der Waals surface area contributed by atoms with Crippen LogP contribution in [0.2, 0.25) is 0 Å². The number of rotatable bonds is 5. The molecule has 4 nitrogen and oxygen atoms in total. The standard InChI is InChI=1S/C21H29FN2O2/c1-16(18-6-2-3-7-18)21(26)24-13-11-23(12-14-24)20(25)10-9-17-5-4-8-19(22)15-17/h4-5,8,15-16,18H,2-3,6-7,9-14H2,1H3. The second-order valence-electron chi connectivity index (χ2n) is 7.67. The Bertz CT molecular complexity index is 635. The number of hydrogen-bond acceptors (Lipinski definition) is 2. The number of carbonyl (C=O) groups excluding carboxylic acids is 2. The fraction of sp³-hybridized carbons (Fsp3) is 0.619. The van der Waals surface area contributed by atoms with Crippen molar-refractivity contribution in [2.45, 2.75) is 45.4 Å². The van der Waals surface area contributed by atoms with E-state index in [0.717, 1.165) is 5.56 Å². The first-order valence-electron chi connectivity index (χ1n) is 9.85. The number of halogens is 1. The summed E-state index contributed by atoms with van der Waals surface area (Å²) < 4.78 is 13.2. The van der Waals surface area contributed by atoms with Gasteiger partial charge >= 0.3 is 0 Å². The molecule has 0 N–H and O–H groups in total. The van der Waals surface area contributed by atoms with Crippen molar-refractivity contribution >= 4 is 11.8 Å². The van der Waals surface area contributed by atoms with E-state index in [1.165, 1.54) is 37.8 Å². The van der Waals surface area contributed by atoms with Crippen LogP contribution in [-0.2, 0) is 16.0 Å². The van der Waals surface area contributed by atoms with E-state index in [2.05, 4.69) is 6.92 Å². The van der Waals surface area contributed by atoms with Gasteiger partial charge in [-0.25, -0.2) is 4.39 Å². The maximum atomic E-state index is 13.2. The molecule has 0 bridgehead atoms. The summed E-state index contributed by atoms with van der Waals surface area (Å²) >= 11 is 0. The lowest BCUT2D eigenvalue weighted by Crippen LogP contribution is -2.52. The zero-order valence-electron chi connectivity index (χ0n) is 15.6. The van der Waals surface area contributed by atoms with Gasteiger partial charge < -0.3 is 9.80 Å². The highest BCUT2D eigenvalue weighted by Crippen LogP contribution is 2.32. The summed E-state index contributed by atoms with van der Waals surface area (Å²) in [6.45, 7) is 4.52. The van der Waals surface area contributed by atoms with Crippen LogP contribution in [0.3, 0.4) is 0 Å². The van der Waals surface area contributed by atoms with E-state index in [4.69, 9.17) is 0 Å². The van der Waals surface area contributed by atoms with E-state index in [-0.39, 0.29) is 23.5 Å². The number of carbonyl (C=O) groups is 2. The van der Waals surface area contributed by atoms with Crippen LogP contribution in [-0.4, -0.2) is 47.8 Å². The number of hydrogen-bond donors (Lipinski definition) is 0. The van der Waals surface area contributed by atoms with Gasteiger partial charge in [0.2, 0.25) is 11.8 Å². The fourth-order valence-electron chi connectivity index (χ4n) is 4.23. The number of piperazine rings is 1. The van der Waals surface area contributed by atoms with Crippen molar-refractivity contribution in [3.05, 3.63) is 35.6 Å². The van der Waals surface area contributed by atoms with Crippen molar-refractivity contribution in [3.63, 3.8) is 0 Å². The number of aryl methyl sites for hydroxylation is 1. The third-order valence-corrected chi connectivity index (χ3v) is 5.96. The van der Waals surface area contributed by atoms with Crippen molar-refractivity contribution in [2.24, 2.45) is 11.8 Å². The molecule has 1 aliphatic carbocycles. The van der Waals surface area contributed by atoms with Crippen LogP contribution in [0.1, 0.15) is 44.6 Å². The van der Waals surface area contributed by atoms with Gasteiger partial charge in [0.1, 0.15) is 5.82 Å². The molecule has 26 heavy (non-hydrogen) atoms. The van der Waals surface area contributed by atoms with Crippen LogP contribution in [0.4, 0.5) is 4.39 Å². The van der Waals surface area contributed by atoms with Gasteiger partial charge in [-0.1, -0.05) is 31.9 Å². The lowest BCUT2D eigenvalue weighted by atomic mass is 9.91. The molecule has 0 aromatic heterocycles. The molecule has 1 aromatic carbocycles. The minimum Gasteiger partial charge on any atom is -0.339 e. The Kier molecular flexibility index (Phi) is 6.28. The summed E-state index contributed by atoms with van der Waals surface area (Å²) in [7, 11) is 0. The molecule has 5 heteroatoms. The molecular weight excluding hydrogens is 331 g/mol. The van der Waals surface area contributed by atoms with Gasteiger partial charge in [-0.3, -0.25) is 9.59 Å². The van der Waals surface area contributed by atoms with Crippen LogP contribution >= 0.6 is 0 Å². The molecule has 1 aromatic rings. The minimum absolute atomic E-state index is 0.0881. The van der Waals surface area contributed by atoms with Gasteiger partial charge in [0.25, 0.3) is 0 Å². The lowest BCUT2D eigenvalue weighted by Gasteiger charge is -2.37. The second kappa shape index (κ2) is 8.65. The molecular formula is C21H29FN2O2. The van der Waals surface area contributed by atoms with Crippen LogP contribution in [0.5, 0.6) is 0 Å². The predicted octanol–water partition coefficient (Wildman–Crippen LogP) is 3.26. The SMILES string of the molecule is CC(C(=O)N1CCN(C(=O)CCc2cccc(F)c2)CC1)C1CCCC1. The quantitative estimate of drug-likeness (QED) is 0.809. The Labute approximate surface area is 155 Å². The molecule has 3 rings (SSSR count). The van der Waals surface area contributed by atoms with Gasteiger partial charge in [-0.2, -0.15) is 0 Å². The van der Waals surface area contributed by atoms with Crippen LogP contribution in [0.25, 0.3) is 0 Å². The van der Waals surface area contributed by atoms with E-state index in [1.807, 2.05) is 15.9 Å². The summed E-state index contributed by atoms with van der Waals surface area (Å²) in [5, 5.41) is 0. The highest BCUT2D eigenvalue weighted by Gasteiger charge is 2.32. The minimum atomic E-state index is -0.265. The average Bonchev–Trinajstić information content (AvgIpc) is 3.20. The third-order valence-electron chi connectivity index (χ3n) is 5.96. The summed E-state index contributed by atoms with van der Waals surface area (Å²) in [6.07, 6.45) is 5.77. The Morgan fingerprint density at radius 3 is 2.42 bits per heavy atom. The molecule has 1 heterocycles. The van der Waals surface area contributed by atoms with Crippen LogP contribution in [0, 0.1) is 17.7 Å². The van der Waals surface area contributed by atoms with E-state index in [9.17, 15) is 14.0 Å². The van der Waals surface area contributed by atoms with Gasteiger partial charge in [0, 0.05) is 38.5 Å². The molecule has 2 fully saturated rings. The van der Waals surface area contributed by atoms with E-state index >= 15 is 0 Å². The van der Waals surface area contributed by atoms with Crippen LogP contribution in [0.15, 0.2) is 24.3 Å². The third kappa shape index (κ3) is 4.63. The van der Waals surface area contributed by atoms with Crippen LogP contribution < -0.4 is 0 Å². The first kappa shape index (κ1) is 18.9. The van der Waals surface area contributed by atoms with Crippen molar-refractivity contribution < 1.29 is 14.0 Å². The predicted molar refractivity (Wildman–Crippen MR) is 99.0 cm³/mol. The first-order chi connectivity index (χ1) is 12.5. The maximum absolute atomic E-state index is 13.2. The molecule has 1 unspecified atom stereocenters. The number of nitrogens with zero attached hydrogens (tertiary/aromatic N) is 2. The molecule has 142 valence electrons. The van der Waals surface area contributed by atoms with Crippen molar-refractivity contribution in [3.8, 4) is 0 Å². The maximum Gasteiger partial charge on any atom is 0.225 e. The van der Waals surface area contributed by atoms with E-state index in [1.54, 1.807) is 6.07 Å². The van der Waals surface area contributed by atoms with Crippen molar-refractivity contribution in [1.82, 2.24) is 9.80 Å². The Hall–Kier alpha value is -1.91. The number of amides is 2. The second-order valence-corrected chi connectivity index (χ2v) is 7.67. The fourth-order valence-corrected chi connectivity index (χ4v) is 4.23. The highest BCUT2D eigenvalue weighted by atomic mass is 19.1. The zero-order chi connectivity index (χ0) is 18.5. The topological polar surface area (TPSA) is 40.6 Å². The Balaban J connectivity index is 1.44. The van der Waals surface area contributed by atoms with Gasteiger partial charge in [-0.15, -0.1) is 0 Å². The molecule has 1 aliphatic heterocycles. The molecule has 1 saturated carbocycles. The smallest absolute Gasteiger partial charge is 0.225 e. The van der Waals surface area contributed by atoms with Gasteiger partial charge in [-0.05, 0) is 42.9 Å². The molecule has 0 radical (unpaired) electrons. The molecule has 2 aliphatic rings. The van der Waals surface area contributed by atoms with E-state index in [0.29, 0.717) is 44.9 Å². The zero-order valence-corrected chi connectivity index (χ0v) is 15.6. The first-order valence-corrected chi connectivity index (χ1v) is 9.85. The monoisotopic (exact) mass is 360 g/mol. The Morgan fingerprint density at radius 1 is 1.12 bits per heavy atom. The largest absolute Gasteiger partial charge is 0.339 e. The number of benzene rings is 1. The molecule has 0 spiro atoms. The summed E-state index contributed by atoms with van der Waals surface area (Å²) in [6, 6.07) is 6.41. The summed E-state index contributed by atoms with van der Waals surface area (Å²) in [4.78, 5) is 28.9. The summed E-state index contributed by atoms with van der Waals surface area (Å²) in [5.74, 6) is 0.716. The van der Waals surface area contributed by atoms with Crippen molar-refractivity contribution in [1.29, 1.82) is 0 Å². The van der Waals surface area contributed by atoms with E-state index < -0.39 is 0 Å². The van der Waals surface area contributed by atoms with Gasteiger partial charge in [0.15, 0.2) is 0 Å². The van der Waals surface area contributed by atoms with Gasteiger partial charge in [0.05, 0.1) is 0 Å². The Morgan fingerprint density at radius 2 is 1.77 bits per heavy atom. The summed E-state index contributed by atoms with van der Waals surface area (Å²) in [5.41, 5.74) is 0.845. The van der Waals surface area contributed by atoms with Crippen molar-refractivity contribution in [2.75, 3.05) is 26.2 Å². The lowest BCUT2D eigenvalue weighted by molar-refractivity contribution is -0.142. The highest BCUT2D eigenvalue weighted by molar-refractivity contribution is 5.80. The molecule has 2 amide bonds. The molecule has 1 saturated heterocycles. The average molecular weight is 360 g/mol. The molecule has 1 atom stereocenters.